The van der Waals surface area contributed by atoms with Gasteiger partial charge in [0.2, 0.25) is 11.8 Å². The topological polar surface area (TPSA) is 129 Å². The van der Waals surface area contributed by atoms with Gasteiger partial charge in [0.25, 0.3) is 11.5 Å². The van der Waals surface area contributed by atoms with Crippen LogP contribution in [0.2, 0.25) is 0 Å². The maximum absolute atomic E-state index is 13.5. The van der Waals surface area contributed by atoms with Gasteiger partial charge in [0.1, 0.15) is 5.65 Å². The number of aromatic nitrogens is 3. The molecule has 196 valence electrons. The predicted octanol–water partition coefficient (Wildman–Crippen LogP) is 2.09. The molecule has 1 saturated heterocycles. The van der Waals surface area contributed by atoms with E-state index in [2.05, 4.69) is 10.4 Å². The fraction of sp³-hybridized carbons (Fsp3) is 0.615. The zero-order valence-corrected chi connectivity index (χ0v) is 21.7. The fourth-order valence-electron chi connectivity index (χ4n) is 4.97. The number of likely N-dealkylation sites (tertiary alicyclic amines) is 1. The van der Waals surface area contributed by atoms with E-state index in [1.807, 2.05) is 20.8 Å². The van der Waals surface area contributed by atoms with E-state index in [9.17, 15) is 24.6 Å². The maximum Gasteiger partial charge on any atom is 0.270 e. The number of fused-ring (bicyclic) bond motifs is 1. The quantitative estimate of drug-likeness (QED) is 0.477. The monoisotopic (exact) mass is 499 g/mol. The van der Waals surface area contributed by atoms with Crippen molar-refractivity contribution in [3.63, 3.8) is 0 Å². The summed E-state index contributed by atoms with van der Waals surface area (Å²) in [7, 11) is 0. The van der Waals surface area contributed by atoms with Crippen molar-refractivity contribution >= 4 is 23.5 Å². The Labute approximate surface area is 210 Å². The van der Waals surface area contributed by atoms with E-state index in [-0.39, 0.29) is 29.5 Å². The Morgan fingerprint density at radius 3 is 2.53 bits per heavy atom. The van der Waals surface area contributed by atoms with Gasteiger partial charge in [0, 0.05) is 30.8 Å². The van der Waals surface area contributed by atoms with E-state index in [4.69, 9.17) is 0 Å². The molecule has 2 aromatic rings. The number of aliphatic hydroxyl groups is 1. The first kappa shape index (κ1) is 25.9. The SMILES string of the molecule is CCc1nn2c(O)c(C(=O)NC3CC3)c(=O)n(CC(C)C)c2c1C=CC(=O)N1CCCC1C(C)(C)O. The number of hydrogen-bond donors (Lipinski definition) is 3. The van der Waals surface area contributed by atoms with E-state index < -0.39 is 22.9 Å². The summed E-state index contributed by atoms with van der Waals surface area (Å²) in [5.74, 6) is -1.27. The summed E-state index contributed by atoms with van der Waals surface area (Å²) in [5, 5.41) is 28.8. The molecule has 4 rings (SSSR count). The summed E-state index contributed by atoms with van der Waals surface area (Å²) in [6.07, 6.45) is 6.81. The van der Waals surface area contributed by atoms with Crippen molar-refractivity contribution in [1.29, 1.82) is 0 Å². The molecule has 2 aliphatic rings. The molecule has 2 amide bonds. The lowest BCUT2D eigenvalue weighted by atomic mass is 9.96. The molecule has 2 fully saturated rings. The van der Waals surface area contributed by atoms with Crippen molar-refractivity contribution in [3.05, 3.63) is 33.3 Å². The first-order valence-corrected chi connectivity index (χ1v) is 12.8. The van der Waals surface area contributed by atoms with Gasteiger partial charge in [0.15, 0.2) is 5.56 Å². The Morgan fingerprint density at radius 2 is 1.94 bits per heavy atom. The van der Waals surface area contributed by atoms with E-state index >= 15 is 0 Å². The molecule has 2 aromatic heterocycles. The summed E-state index contributed by atoms with van der Waals surface area (Å²) in [6.45, 7) is 10.1. The van der Waals surface area contributed by atoms with Crippen molar-refractivity contribution < 1.29 is 19.8 Å². The third-order valence-electron chi connectivity index (χ3n) is 6.88. The molecule has 1 unspecified atom stereocenters. The van der Waals surface area contributed by atoms with Gasteiger partial charge in [-0.3, -0.25) is 19.0 Å². The van der Waals surface area contributed by atoms with Crippen LogP contribution in [0.1, 0.15) is 81.9 Å². The first-order chi connectivity index (χ1) is 16.9. The molecule has 1 aliphatic heterocycles. The molecule has 3 N–H and O–H groups in total. The standard InChI is InChI=1S/C26H37N5O5/c1-6-18-17(11-12-20(32)29-13-7-8-19(29)26(4,5)36)23-30(14-15(2)3)24(34)21(25(35)31(23)28-18)22(33)27-16-9-10-16/h11-12,15-16,19,35-36H,6-10,13-14H2,1-5H3,(H,27,33). The van der Waals surface area contributed by atoms with Crippen LogP contribution in [0.4, 0.5) is 0 Å². The predicted molar refractivity (Wildman–Crippen MR) is 136 cm³/mol. The van der Waals surface area contributed by atoms with Gasteiger partial charge in [-0.2, -0.15) is 9.61 Å². The largest absolute Gasteiger partial charge is 0.492 e. The van der Waals surface area contributed by atoms with Gasteiger partial charge in [-0.15, -0.1) is 0 Å². The van der Waals surface area contributed by atoms with Crippen LogP contribution in [0.3, 0.4) is 0 Å². The smallest absolute Gasteiger partial charge is 0.270 e. The average Bonchev–Trinajstić information content (AvgIpc) is 3.32. The third-order valence-corrected chi connectivity index (χ3v) is 6.88. The number of nitrogens with one attached hydrogen (secondary N) is 1. The molecule has 1 aliphatic carbocycles. The van der Waals surface area contributed by atoms with Crippen molar-refractivity contribution in [1.82, 2.24) is 24.4 Å². The highest BCUT2D eigenvalue weighted by molar-refractivity contribution is 5.97. The van der Waals surface area contributed by atoms with Crippen molar-refractivity contribution in [2.75, 3.05) is 6.54 Å². The van der Waals surface area contributed by atoms with Gasteiger partial charge in [-0.25, -0.2) is 0 Å². The van der Waals surface area contributed by atoms with Crippen molar-refractivity contribution in [2.45, 2.75) is 91.0 Å². The van der Waals surface area contributed by atoms with Crippen molar-refractivity contribution in [2.24, 2.45) is 5.92 Å². The summed E-state index contributed by atoms with van der Waals surface area (Å²) < 4.78 is 2.71. The minimum atomic E-state index is -1.01. The molecule has 0 radical (unpaired) electrons. The van der Waals surface area contributed by atoms with Crippen LogP contribution in [0, 0.1) is 5.92 Å². The molecule has 36 heavy (non-hydrogen) atoms. The molecular weight excluding hydrogens is 462 g/mol. The summed E-state index contributed by atoms with van der Waals surface area (Å²) in [6, 6.07) is -0.253. The third kappa shape index (κ3) is 4.91. The van der Waals surface area contributed by atoms with Crippen LogP contribution >= 0.6 is 0 Å². The Bertz CT molecular complexity index is 1260. The fourth-order valence-corrected chi connectivity index (χ4v) is 4.97. The van der Waals surface area contributed by atoms with Crippen LogP contribution in [0.25, 0.3) is 11.7 Å². The minimum absolute atomic E-state index is 0.0252. The van der Waals surface area contributed by atoms with Crippen molar-refractivity contribution in [3.8, 4) is 5.88 Å². The number of carbonyl (C=O) groups is 2. The van der Waals surface area contributed by atoms with Gasteiger partial charge in [0.05, 0.1) is 17.3 Å². The Balaban J connectivity index is 1.82. The summed E-state index contributed by atoms with van der Waals surface area (Å²) in [5.41, 5.74) is -0.442. The molecular formula is C26H37N5O5. The second kappa shape index (κ2) is 9.72. The molecule has 3 heterocycles. The van der Waals surface area contributed by atoms with Gasteiger partial charge in [-0.05, 0) is 57.9 Å². The van der Waals surface area contributed by atoms with Gasteiger partial charge < -0.3 is 20.4 Å². The van der Waals surface area contributed by atoms with E-state index in [1.165, 1.54) is 15.2 Å². The molecule has 0 bridgehead atoms. The zero-order chi connectivity index (χ0) is 26.4. The van der Waals surface area contributed by atoms with E-state index in [1.54, 1.807) is 24.8 Å². The van der Waals surface area contributed by atoms with Crippen LogP contribution in [0.15, 0.2) is 10.9 Å². The van der Waals surface area contributed by atoms with E-state index in [0.717, 1.165) is 25.7 Å². The number of hydrogen-bond acceptors (Lipinski definition) is 6. The van der Waals surface area contributed by atoms with Crippen LogP contribution in [-0.4, -0.2) is 65.3 Å². The highest BCUT2D eigenvalue weighted by atomic mass is 16.3. The second-order valence-electron chi connectivity index (χ2n) is 10.9. The molecule has 0 spiro atoms. The molecule has 10 heteroatoms. The highest BCUT2D eigenvalue weighted by Crippen LogP contribution is 2.29. The zero-order valence-electron chi connectivity index (χ0n) is 21.7. The lowest BCUT2D eigenvalue weighted by Gasteiger charge is -2.33. The summed E-state index contributed by atoms with van der Waals surface area (Å²) in [4.78, 5) is 41.1. The minimum Gasteiger partial charge on any atom is -0.492 e. The van der Waals surface area contributed by atoms with Gasteiger partial charge in [-0.1, -0.05) is 20.8 Å². The molecule has 1 saturated carbocycles. The normalized spacial score (nSPS) is 18.6. The molecule has 0 aromatic carbocycles. The van der Waals surface area contributed by atoms with Crippen LogP contribution < -0.4 is 10.9 Å². The number of aryl methyl sites for hydroxylation is 1. The van der Waals surface area contributed by atoms with E-state index in [0.29, 0.717) is 36.4 Å². The molecule has 10 nitrogen and oxygen atoms in total. The lowest BCUT2D eigenvalue weighted by molar-refractivity contribution is -0.131. The Hall–Kier alpha value is -3.14. The Kier molecular flexibility index (Phi) is 7.01. The highest BCUT2D eigenvalue weighted by Gasteiger charge is 2.38. The Morgan fingerprint density at radius 1 is 1.25 bits per heavy atom. The number of rotatable bonds is 8. The average molecular weight is 500 g/mol. The number of amides is 2. The number of nitrogens with zero attached hydrogens (tertiary/aromatic N) is 4. The number of carbonyl (C=O) groups excluding carboxylic acids is 2. The lowest BCUT2D eigenvalue weighted by Crippen LogP contribution is -2.47. The maximum atomic E-state index is 13.5. The first-order valence-electron chi connectivity index (χ1n) is 12.8. The summed E-state index contributed by atoms with van der Waals surface area (Å²) >= 11 is 0. The van der Waals surface area contributed by atoms with Crippen LogP contribution in [-0.2, 0) is 17.8 Å². The second-order valence-corrected chi connectivity index (χ2v) is 10.9. The molecule has 1 atom stereocenters. The van der Waals surface area contributed by atoms with Gasteiger partial charge >= 0.3 is 0 Å². The van der Waals surface area contributed by atoms with Crippen LogP contribution in [0.5, 0.6) is 5.88 Å². The number of aromatic hydroxyl groups is 1.